The quantitative estimate of drug-likeness (QED) is 0.776. The first kappa shape index (κ1) is 21.3. The molecule has 0 radical (unpaired) electrons. The summed E-state index contributed by atoms with van der Waals surface area (Å²) in [6.07, 6.45) is 8.37. The van der Waals surface area contributed by atoms with Crippen LogP contribution >= 0.6 is 0 Å². The average Bonchev–Trinajstić information content (AvgIpc) is 3.17. The van der Waals surface area contributed by atoms with Gasteiger partial charge in [0, 0.05) is 24.0 Å². The number of ketones is 1. The summed E-state index contributed by atoms with van der Waals surface area (Å²) in [5.41, 5.74) is -0.0967. The molecule has 0 spiro atoms. The number of Topliss-reactive ketones (excluding diaryl/α,β-unsaturated/α-hetero) is 1. The number of aromatic carboxylic acids is 2. The second kappa shape index (κ2) is 9.27. The van der Waals surface area contributed by atoms with Crippen molar-refractivity contribution in [1.29, 1.82) is 0 Å². The number of hydrogen-bond donors (Lipinski definition) is 2. The number of nitrogens with zero attached hydrogens (tertiary/aromatic N) is 3. The van der Waals surface area contributed by atoms with E-state index in [9.17, 15) is 14.4 Å². The second-order valence-electron chi connectivity index (χ2n) is 6.91. The lowest BCUT2D eigenvalue weighted by Gasteiger charge is -2.29. The van der Waals surface area contributed by atoms with E-state index >= 15 is 0 Å². The fourth-order valence-corrected chi connectivity index (χ4v) is 3.14. The molecule has 0 amide bonds. The average molecular weight is 387 g/mol. The maximum absolute atomic E-state index is 11.1. The first-order valence-electron chi connectivity index (χ1n) is 8.98. The predicted molar refractivity (Wildman–Crippen MR) is 103 cm³/mol. The van der Waals surface area contributed by atoms with Crippen molar-refractivity contribution in [2.75, 3.05) is 20.1 Å². The molecule has 2 aromatic rings. The number of likely N-dealkylation sites (tertiary alicyclic amines) is 1. The third kappa shape index (κ3) is 5.26. The number of carbonyl (C=O) groups excluding carboxylic acids is 1. The minimum absolute atomic E-state index is 0.0837. The summed E-state index contributed by atoms with van der Waals surface area (Å²) in [5, 5.41) is 17.7. The zero-order chi connectivity index (χ0) is 20.8. The Morgan fingerprint density at radius 1 is 1.07 bits per heavy atom. The molecule has 28 heavy (non-hydrogen) atoms. The molecule has 0 bridgehead atoms. The number of carbonyl (C=O) groups is 3. The van der Waals surface area contributed by atoms with E-state index in [0.717, 1.165) is 0 Å². The molecule has 0 saturated carbocycles. The molecule has 3 rings (SSSR count). The molecule has 2 N–H and O–H groups in total. The molecule has 0 aliphatic carbocycles. The lowest BCUT2D eigenvalue weighted by Crippen LogP contribution is -2.31. The molecule has 1 aliphatic heterocycles. The third-order valence-electron chi connectivity index (χ3n) is 4.91. The first-order chi connectivity index (χ1) is 13.2. The minimum atomic E-state index is -1.25. The van der Waals surface area contributed by atoms with Crippen molar-refractivity contribution < 1.29 is 24.6 Å². The van der Waals surface area contributed by atoms with Crippen LogP contribution in [-0.2, 0) is 0 Å². The zero-order valence-electron chi connectivity index (χ0n) is 16.3. The SMILES string of the molecule is CC(=O)c1cc(C(=O)O)c(C)c(C(=O)O)c1.CN1CCC(n2ccnc2)CC1. The van der Waals surface area contributed by atoms with Crippen molar-refractivity contribution >= 4 is 17.7 Å². The van der Waals surface area contributed by atoms with E-state index in [0.29, 0.717) is 6.04 Å². The summed E-state index contributed by atoms with van der Waals surface area (Å²) in [6, 6.07) is 3.06. The molecule has 8 heteroatoms. The zero-order valence-corrected chi connectivity index (χ0v) is 16.3. The van der Waals surface area contributed by atoms with Crippen LogP contribution in [0.4, 0.5) is 0 Å². The molecule has 1 aromatic carbocycles. The van der Waals surface area contributed by atoms with Gasteiger partial charge in [0.25, 0.3) is 0 Å². The highest BCUT2D eigenvalue weighted by Gasteiger charge is 2.18. The van der Waals surface area contributed by atoms with E-state index in [1.165, 1.54) is 51.9 Å². The highest BCUT2D eigenvalue weighted by Crippen LogP contribution is 2.20. The van der Waals surface area contributed by atoms with Gasteiger partial charge in [-0.15, -0.1) is 0 Å². The third-order valence-corrected chi connectivity index (χ3v) is 4.91. The van der Waals surface area contributed by atoms with Crippen molar-refractivity contribution in [3.8, 4) is 0 Å². The summed E-state index contributed by atoms with van der Waals surface area (Å²) in [5.74, 6) is -2.86. The number of carboxylic acid groups (broad SMARTS) is 2. The Balaban J connectivity index is 0.000000207. The summed E-state index contributed by atoms with van der Waals surface area (Å²) >= 11 is 0. The lowest BCUT2D eigenvalue weighted by atomic mass is 9.97. The van der Waals surface area contributed by atoms with Gasteiger partial charge in [-0.3, -0.25) is 4.79 Å². The number of imidazole rings is 1. The van der Waals surface area contributed by atoms with Crippen molar-refractivity contribution in [2.24, 2.45) is 0 Å². The van der Waals surface area contributed by atoms with Gasteiger partial charge in [0.15, 0.2) is 5.78 Å². The van der Waals surface area contributed by atoms with Gasteiger partial charge in [0.2, 0.25) is 0 Å². The number of carboxylic acids is 2. The monoisotopic (exact) mass is 387 g/mol. The number of hydrogen-bond acceptors (Lipinski definition) is 5. The van der Waals surface area contributed by atoms with Crippen molar-refractivity contribution in [1.82, 2.24) is 14.5 Å². The summed E-state index contributed by atoms with van der Waals surface area (Å²) in [7, 11) is 2.18. The van der Waals surface area contributed by atoms with E-state index in [1.807, 2.05) is 12.5 Å². The normalized spacial score (nSPS) is 14.8. The molecule has 1 fully saturated rings. The van der Waals surface area contributed by atoms with E-state index in [2.05, 4.69) is 27.7 Å². The fraction of sp³-hybridized carbons (Fsp3) is 0.400. The molecule has 2 heterocycles. The van der Waals surface area contributed by atoms with E-state index in [4.69, 9.17) is 10.2 Å². The largest absolute Gasteiger partial charge is 0.478 e. The molecule has 1 aliphatic rings. The second-order valence-corrected chi connectivity index (χ2v) is 6.91. The molecule has 0 atom stereocenters. The number of benzene rings is 1. The van der Waals surface area contributed by atoms with Gasteiger partial charge in [-0.2, -0.15) is 0 Å². The van der Waals surface area contributed by atoms with Crippen LogP contribution in [0.25, 0.3) is 0 Å². The van der Waals surface area contributed by atoms with Crippen LogP contribution in [0.1, 0.15) is 62.4 Å². The molecular formula is C20H25N3O5. The Labute approximate surface area is 163 Å². The number of rotatable bonds is 4. The van der Waals surface area contributed by atoms with Gasteiger partial charge in [-0.1, -0.05) is 0 Å². The molecule has 1 aromatic heterocycles. The van der Waals surface area contributed by atoms with Crippen LogP contribution < -0.4 is 0 Å². The van der Waals surface area contributed by atoms with Crippen LogP contribution in [0.5, 0.6) is 0 Å². The van der Waals surface area contributed by atoms with Crippen LogP contribution in [0, 0.1) is 6.92 Å². The Hall–Kier alpha value is -3.00. The summed E-state index contributed by atoms with van der Waals surface area (Å²) in [6.45, 7) is 5.07. The molecule has 1 saturated heterocycles. The van der Waals surface area contributed by atoms with Crippen LogP contribution in [0.2, 0.25) is 0 Å². The van der Waals surface area contributed by atoms with Gasteiger partial charge >= 0.3 is 11.9 Å². The highest BCUT2D eigenvalue weighted by atomic mass is 16.4. The molecular weight excluding hydrogens is 362 g/mol. The molecule has 0 unspecified atom stereocenters. The summed E-state index contributed by atoms with van der Waals surface area (Å²) in [4.78, 5) is 39.3. The van der Waals surface area contributed by atoms with Crippen molar-refractivity contribution in [2.45, 2.75) is 32.7 Å². The Morgan fingerprint density at radius 3 is 2.00 bits per heavy atom. The van der Waals surface area contributed by atoms with E-state index in [-0.39, 0.29) is 28.0 Å². The smallest absolute Gasteiger partial charge is 0.336 e. The van der Waals surface area contributed by atoms with Gasteiger partial charge < -0.3 is 19.7 Å². The Morgan fingerprint density at radius 2 is 1.61 bits per heavy atom. The van der Waals surface area contributed by atoms with E-state index in [1.54, 1.807) is 0 Å². The van der Waals surface area contributed by atoms with Crippen molar-refractivity contribution in [3.05, 3.63) is 53.1 Å². The highest BCUT2D eigenvalue weighted by molar-refractivity contribution is 6.02. The van der Waals surface area contributed by atoms with Gasteiger partial charge in [-0.25, -0.2) is 14.6 Å². The fourth-order valence-electron chi connectivity index (χ4n) is 3.14. The van der Waals surface area contributed by atoms with Gasteiger partial charge in [-0.05, 0) is 64.5 Å². The lowest BCUT2D eigenvalue weighted by molar-refractivity contribution is 0.0696. The minimum Gasteiger partial charge on any atom is -0.478 e. The van der Waals surface area contributed by atoms with Crippen molar-refractivity contribution in [3.63, 3.8) is 0 Å². The van der Waals surface area contributed by atoms with Crippen LogP contribution in [-0.4, -0.2) is 62.5 Å². The maximum Gasteiger partial charge on any atom is 0.336 e. The Kier molecular flexibility index (Phi) is 7.06. The summed E-state index contributed by atoms with van der Waals surface area (Å²) < 4.78 is 2.23. The molecule has 150 valence electrons. The standard InChI is InChI=1S/C11H10O5.C9H15N3/c1-5-8(10(13)14)3-7(6(2)12)4-9(5)11(15)16;1-11-5-2-9(3-6-11)12-7-4-10-8-12/h3-4H,1-2H3,(H,13,14)(H,15,16);4,7-9H,2-3,5-6H2,1H3. The Bertz CT molecular complexity index is 818. The van der Waals surface area contributed by atoms with Crippen LogP contribution in [0.3, 0.4) is 0 Å². The van der Waals surface area contributed by atoms with E-state index < -0.39 is 11.9 Å². The number of aromatic nitrogens is 2. The first-order valence-corrected chi connectivity index (χ1v) is 8.98. The van der Waals surface area contributed by atoms with Crippen LogP contribution in [0.15, 0.2) is 30.9 Å². The van der Waals surface area contributed by atoms with Gasteiger partial charge in [0.05, 0.1) is 17.5 Å². The molecule has 8 nitrogen and oxygen atoms in total. The maximum atomic E-state index is 11.1. The number of piperidine rings is 1. The van der Waals surface area contributed by atoms with Gasteiger partial charge in [0.1, 0.15) is 0 Å². The topological polar surface area (TPSA) is 113 Å². The predicted octanol–water partition coefficient (Wildman–Crippen LogP) is 2.74.